The molecule has 0 aromatic carbocycles. The monoisotopic (exact) mass is 386 g/mol. The largest absolute Gasteiger partial charge is 0.506 e. The number of hydrogen-bond donors (Lipinski definition) is 1. The highest BCUT2D eigenvalue weighted by Crippen LogP contribution is 2.34. The van der Waals surface area contributed by atoms with Crippen molar-refractivity contribution >= 4 is 17.7 Å². The standard InChI is InChI=1S/C18H27ClN2O5/c1-4-13-10-12(8-9-26-13)21(18(23)25-5-2)14(11-24-3)17-15(22)6-7-16(19)20-17/h6-7,12-14,22H,4-5,8-11H2,1-3H3/t12-,13-,14?/m0/s1. The Bertz CT molecular complexity index is 601. The maximum atomic E-state index is 12.8. The van der Waals surface area contributed by atoms with E-state index < -0.39 is 12.1 Å². The lowest BCUT2D eigenvalue weighted by atomic mass is 9.97. The third-order valence-corrected chi connectivity index (χ3v) is 4.72. The van der Waals surface area contributed by atoms with Gasteiger partial charge < -0.3 is 19.3 Å². The zero-order valence-electron chi connectivity index (χ0n) is 15.5. The van der Waals surface area contributed by atoms with Crippen LogP contribution in [0.15, 0.2) is 12.1 Å². The predicted octanol–water partition coefficient (Wildman–Crippen LogP) is 3.54. The second-order valence-electron chi connectivity index (χ2n) is 6.19. The van der Waals surface area contributed by atoms with E-state index in [1.165, 1.54) is 19.2 Å². The van der Waals surface area contributed by atoms with Crippen LogP contribution in [0.25, 0.3) is 0 Å². The molecule has 0 bridgehead atoms. The van der Waals surface area contributed by atoms with Gasteiger partial charge in [-0.15, -0.1) is 0 Å². The third-order valence-electron chi connectivity index (χ3n) is 4.51. The molecule has 1 amide bonds. The van der Waals surface area contributed by atoms with Crippen LogP contribution in [0.4, 0.5) is 4.79 Å². The van der Waals surface area contributed by atoms with Gasteiger partial charge >= 0.3 is 6.09 Å². The first kappa shape index (κ1) is 20.7. The fourth-order valence-electron chi connectivity index (χ4n) is 3.26. The Kier molecular flexibility index (Phi) is 7.93. The Balaban J connectivity index is 2.41. The number of ether oxygens (including phenoxy) is 3. The summed E-state index contributed by atoms with van der Waals surface area (Å²) in [6, 6.07) is 2.25. The molecule has 7 nitrogen and oxygen atoms in total. The van der Waals surface area contributed by atoms with Crippen LogP contribution in [0.2, 0.25) is 5.15 Å². The zero-order valence-corrected chi connectivity index (χ0v) is 16.2. The summed E-state index contributed by atoms with van der Waals surface area (Å²) in [5.41, 5.74) is 0.298. The van der Waals surface area contributed by atoms with Gasteiger partial charge in [-0.05, 0) is 38.3 Å². The van der Waals surface area contributed by atoms with Crippen LogP contribution in [0.5, 0.6) is 5.75 Å². The van der Waals surface area contributed by atoms with Gasteiger partial charge in [-0.2, -0.15) is 0 Å². The van der Waals surface area contributed by atoms with Crippen LogP contribution in [0, 0.1) is 0 Å². The van der Waals surface area contributed by atoms with Gasteiger partial charge in [0.1, 0.15) is 22.6 Å². The fraction of sp³-hybridized carbons (Fsp3) is 0.667. The smallest absolute Gasteiger partial charge is 0.410 e. The molecule has 1 fully saturated rings. The van der Waals surface area contributed by atoms with Crippen molar-refractivity contribution in [3.05, 3.63) is 23.0 Å². The Morgan fingerprint density at radius 2 is 2.27 bits per heavy atom. The Morgan fingerprint density at radius 1 is 1.50 bits per heavy atom. The van der Waals surface area contributed by atoms with E-state index in [9.17, 15) is 9.90 Å². The number of aromatic hydroxyl groups is 1. The molecule has 0 aliphatic carbocycles. The minimum absolute atomic E-state index is 0.0372. The second-order valence-corrected chi connectivity index (χ2v) is 6.58. The predicted molar refractivity (Wildman–Crippen MR) is 97.4 cm³/mol. The van der Waals surface area contributed by atoms with E-state index in [4.69, 9.17) is 25.8 Å². The van der Waals surface area contributed by atoms with Gasteiger partial charge in [-0.25, -0.2) is 9.78 Å². The van der Waals surface area contributed by atoms with E-state index in [0.717, 1.165) is 6.42 Å². The van der Waals surface area contributed by atoms with Crippen molar-refractivity contribution in [2.45, 2.75) is 51.3 Å². The van der Waals surface area contributed by atoms with Crippen LogP contribution >= 0.6 is 11.6 Å². The van der Waals surface area contributed by atoms with Crippen LogP contribution in [-0.4, -0.2) is 60.2 Å². The number of nitrogens with zero attached hydrogens (tertiary/aromatic N) is 2. The normalized spacial score (nSPS) is 21.2. The lowest BCUT2D eigenvalue weighted by Gasteiger charge is -2.40. The van der Waals surface area contributed by atoms with E-state index in [2.05, 4.69) is 11.9 Å². The fourth-order valence-corrected chi connectivity index (χ4v) is 3.42. The minimum atomic E-state index is -0.613. The summed E-state index contributed by atoms with van der Waals surface area (Å²) < 4.78 is 16.4. The summed E-state index contributed by atoms with van der Waals surface area (Å²) in [7, 11) is 1.54. The molecule has 146 valence electrons. The van der Waals surface area contributed by atoms with Crippen LogP contribution in [0.1, 0.15) is 44.8 Å². The van der Waals surface area contributed by atoms with Crippen molar-refractivity contribution < 1.29 is 24.1 Å². The summed E-state index contributed by atoms with van der Waals surface area (Å²) in [5, 5.41) is 10.5. The number of aromatic nitrogens is 1. The molecule has 1 aliphatic rings. The van der Waals surface area contributed by atoms with E-state index >= 15 is 0 Å². The highest BCUT2D eigenvalue weighted by Gasteiger charge is 2.38. The molecule has 26 heavy (non-hydrogen) atoms. The highest BCUT2D eigenvalue weighted by atomic mass is 35.5. The molecule has 1 unspecified atom stereocenters. The summed E-state index contributed by atoms with van der Waals surface area (Å²) >= 11 is 6.02. The summed E-state index contributed by atoms with van der Waals surface area (Å²) in [6.07, 6.45) is 1.85. The molecule has 0 saturated carbocycles. The first-order chi connectivity index (χ1) is 12.5. The van der Waals surface area contributed by atoms with Gasteiger partial charge in [0, 0.05) is 19.8 Å². The SMILES string of the molecule is CCOC(=O)N(C(COC)c1nc(Cl)ccc1O)[C@H]1CCO[C@@H](CC)C1. The van der Waals surface area contributed by atoms with Crippen molar-refractivity contribution in [1.82, 2.24) is 9.88 Å². The van der Waals surface area contributed by atoms with Crippen molar-refractivity contribution in [3.63, 3.8) is 0 Å². The number of hydrogen-bond acceptors (Lipinski definition) is 6. The van der Waals surface area contributed by atoms with Gasteiger partial charge in [0.2, 0.25) is 0 Å². The molecule has 1 aromatic heterocycles. The molecule has 2 rings (SSSR count). The number of amides is 1. The molecule has 1 saturated heterocycles. The van der Waals surface area contributed by atoms with Gasteiger partial charge in [0.25, 0.3) is 0 Å². The molecular formula is C18H27ClN2O5. The first-order valence-electron chi connectivity index (χ1n) is 8.92. The Morgan fingerprint density at radius 3 is 2.92 bits per heavy atom. The molecular weight excluding hydrogens is 360 g/mol. The summed E-state index contributed by atoms with van der Waals surface area (Å²) in [6.45, 7) is 4.79. The van der Waals surface area contributed by atoms with Gasteiger partial charge in [-0.1, -0.05) is 18.5 Å². The van der Waals surface area contributed by atoms with Crippen molar-refractivity contribution in [3.8, 4) is 5.75 Å². The number of carbonyl (C=O) groups excluding carboxylic acids is 1. The van der Waals surface area contributed by atoms with E-state index in [-0.39, 0.29) is 36.3 Å². The maximum Gasteiger partial charge on any atom is 0.410 e. The maximum absolute atomic E-state index is 12.8. The number of methoxy groups -OCH3 is 1. The highest BCUT2D eigenvalue weighted by molar-refractivity contribution is 6.29. The molecule has 3 atom stereocenters. The van der Waals surface area contributed by atoms with Gasteiger partial charge in [-0.3, -0.25) is 4.90 Å². The lowest BCUT2D eigenvalue weighted by Crippen LogP contribution is -2.49. The topological polar surface area (TPSA) is 81.1 Å². The van der Waals surface area contributed by atoms with E-state index in [0.29, 0.717) is 25.1 Å². The number of rotatable bonds is 7. The number of pyridine rings is 1. The molecule has 1 N–H and O–H groups in total. The number of halogens is 1. The average molecular weight is 387 g/mol. The quantitative estimate of drug-likeness (QED) is 0.722. The summed E-state index contributed by atoms with van der Waals surface area (Å²) in [5.74, 6) is -0.0372. The molecule has 8 heteroatoms. The number of carbonyl (C=O) groups is 1. The Labute approximate surface area is 159 Å². The van der Waals surface area contributed by atoms with Gasteiger partial charge in [0.15, 0.2) is 0 Å². The van der Waals surface area contributed by atoms with Crippen LogP contribution < -0.4 is 0 Å². The van der Waals surface area contributed by atoms with Crippen LogP contribution in [-0.2, 0) is 14.2 Å². The van der Waals surface area contributed by atoms with Crippen molar-refractivity contribution in [2.75, 3.05) is 26.9 Å². The molecule has 1 aromatic rings. The van der Waals surface area contributed by atoms with E-state index in [1.807, 2.05) is 0 Å². The molecule has 2 heterocycles. The first-order valence-corrected chi connectivity index (χ1v) is 9.30. The van der Waals surface area contributed by atoms with E-state index in [1.54, 1.807) is 11.8 Å². The van der Waals surface area contributed by atoms with Crippen molar-refractivity contribution in [2.24, 2.45) is 0 Å². The summed E-state index contributed by atoms with van der Waals surface area (Å²) in [4.78, 5) is 18.7. The molecule has 0 radical (unpaired) electrons. The third kappa shape index (κ3) is 4.99. The molecule has 0 spiro atoms. The lowest BCUT2D eigenvalue weighted by molar-refractivity contribution is -0.0439. The molecule has 1 aliphatic heterocycles. The average Bonchev–Trinajstić information content (AvgIpc) is 2.64. The minimum Gasteiger partial charge on any atom is -0.506 e. The Hall–Kier alpha value is -1.57. The van der Waals surface area contributed by atoms with Crippen LogP contribution in [0.3, 0.4) is 0 Å². The van der Waals surface area contributed by atoms with Gasteiger partial charge in [0.05, 0.1) is 19.3 Å². The zero-order chi connectivity index (χ0) is 19.1. The second kappa shape index (κ2) is 9.94. The van der Waals surface area contributed by atoms with Crippen molar-refractivity contribution in [1.29, 1.82) is 0 Å².